The lowest BCUT2D eigenvalue weighted by Gasteiger charge is -2.19. The van der Waals surface area contributed by atoms with Crippen molar-refractivity contribution in [3.05, 3.63) is 82.4 Å². The maximum Gasteiger partial charge on any atom is 0.150 e. The zero-order chi connectivity index (χ0) is 20.5. The second kappa shape index (κ2) is 7.93. The molecule has 0 saturated carbocycles. The Morgan fingerprint density at radius 1 is 1.10 bits per heavy atom. The average molecular weight is 431 g/mol. The van der Waals surface area contributed by atoms with Crippen LogP contribution in [0, 0.1) is 5.82 Å². The van der Waals surface area contributed by atoms with E-state index < -0.39 is 11.9 Å². The van der Waals surface area contributed by atoms with E-state index in [9.17, 15) is 4.39 Å². The third-order valence-electron chi connectivity index (χ3n) is 4.68. The van der Waals surface area contributed by atoms with Gasteiger partial charge in [-0.15, -0.1) is 0 Å². The van der Waals surface area contributed by atoms with Gasteiger partial charge in [-0.3, -0.25) is 4.98 Å². The fourth-order valence-corrected chi connectivity index (χ4v) is 3.93. The Bertz CT molecular complexity index is 1190. The van der Waals surface area contributed by atoms with Gasteiger partial charge in [0, 0.05) is 34.1 Å². The molecular formula is C22H17Cl2FN2O2. The number of methoxy groups -OCH3 is 1. The van der Waals surface area contributed by atoms with Gasteiger partial charge in [-0.2, -0.15) is 4.73 Å². The lowest BCUT2D eigenvalue weighted by atomic mass is 10.1. The van der Waals surface area contributed by atoms with Gasteiger partial charge in [0.05, 0.1) is 17.6 Å². The van der Waals surface area contributed by atoms with Crippen LogP contribution in [0.1, 0.15) is 18.6 Å². The predicted molar refractivity (Wildman–Crippen MR) is 113 cm³/mol. The second-order valence-corrected chi connectivity index (χ2v) is 7.26. The Kier molecular flexibility index (Phi) is 5.35. The highest BCUT2D eigenvalue weighted by atomic mass is 35.5. The minimum absolute atomic E-state index is 0.0469. The summed E-state index contributed by atoms with van der Waals surface area (Å²) >= 11 is 12.3. The summed E-state index contributed by atoms with van der Waals surface area (Å²) in [6.45, 7) is 1.76. The van der Waals surface area contributed by atoms with Crippen molar-refractivity contribution in [1.29, 1.82) is 0 Å². The van der Waals surface area contributed by atoms with Crippen molar-refractivity contribution < 1.29 is 14.0 Å². The van der Waals surface area contributed by atoms with E-state index in [0.717, 1.165) is 27.9 Å². The molecule has 1 unspecified atom stereocenters. The fraction of sp³-hybridized carbons (Fsp3) is 0.136. The fourth-order valence-electron chi connectivity index (χ4n) is 3.25. The smallest absolute Gasteiger partial charge is 0.150 e. The van der Waals surface area contributed by atoms with Crippen molar-refractivity contribution in [2.75, 3.05) is 7.11 Å². The molecule has 0 amide bonds. The van der Waals surface area contributed by atoms with Crippen LogP contribution >= 0.6 is 23.2 Å². The molecule has 0 fully saturated rings. The molecule has 0 N–H and O–H groups in total. The molecule has 4 rings (SSSR count). The van der Waals surface area contributed by atoms with Crippen LogP contribution in [0.2, 0.25) is 10.0 Å². The molecule has 0 saturated heterocycles. The quantitative estimate of drug-likeness (QED) is 0.346. The number of rotatable bonds is 5. The summed E-state index contributed by atoms with van der Waals surface area (Å²) in [7, 11) is 1.63. The standard InChI is InChI=1S/C22H17Cl2FN2O2/c1-13(21-16(23)7-8-17(25)22(21)24)29-27-10-9-18-19(27)11-14(12-26-18)15-5-3-4-6-20(15)28-2/h3-13H,1-2H3. The molecule has 7 heteroatoms. The van der Waals surface area contributed by atoms with Crippen LogP contribution in [0.3, 0.4) is 0 Å². The van der Waals surface area contributed by atoms with E-state index in [2.05, 4.69) is 4.98 Å². The zero-order valence-electron chi connectivity index (χ0n) is 15.7. The van der Waals surface area contributed by atoms with Gasteiger partial charge in [0.25, 0.3) is 0 Å². The first kappa shape index (κ1) is 19.6. The van der Waals surface area contributed by atoms with Gasteiger partial charge in [-0.25, -0.2) is 4.39 Å². The molecule has 2 heterocycles. The predicted octanol–water partition coefficient (Wildman–Crippen LogP) is 6.35. The minimum Gasteiger partial charge on any atom is -0.496 e. The Labute approximate surface area is 177 Å². The molecule has 2 aromatic carbocycles. The molecule has 148 valence electrons. The van der Waals surface area contributed by atoms with Crippen molar-refractivity contribution >= 4 is 34.2 Å². The number of fused-ring (bicyclic) bond motifs is 1. The Hall–Kier alpha value is -2.76. The van der Waals surface area contributed by atoms with E-state index in [4.69, 9.17) is 32.8 Å². The third kappa shape index (κ3) is 3.63. The Morgan fingerprint density at radius 3 is 2.69 bits per heavy atom. The lowest BCUT2D eigenvalue weighted by Crippen LogP contribution is -2.16. The van der Waals surface area contributed by atoms with Crippen LogP contribution in [0.15, 0.2) is 60.9 Å². The van der Waals surface area contributed by atoms with Crippen LogP contribution in [-0.4, -0.2) is 16.8 Å². The summed E-state index contributed by atoms with van der Waals surface area (Å²) < 4.78 is 20.9. The van der Waals surface area contributed by atoms with Gasteiger partial charge >= 0.3 is 0 Å². The topological polar surface area (TPSA) is 36.3 Å². The lowest BCUT2D eigenvalue weighted by molar-refractivity contribution is 0.0562. The van der Waals surface area contributed by atoms with E-state index in [-0.39, 0.29) is 5.02 Å². The molecule has 0 spiro atoms. The molecule has 0 bridgehead atoms. The van der Waals surface area contributed by atoms with E-state index in [1.54, 1.807) is 31.2 Å². The van der Waals surface area contributed by atoms with Crippen LogP contribution in [0.25, 0.3) is 22.2 Å². The van der Waals surface area contributed by atoms with Gasteiger partial charge in [0.1, 0.15) is 17.1 Å². The SMILES string of the molecule is COc1ccccc1-c1cnc2ccn(OC(C)c3c(Cl)ccc(F)c3Cl)c2c1. The van der Waals surface area contributed by atoms with Gasteiger partial charge < -0.3 is 9.57 Å². The number of benzene rings is 2. The molecule has 2 aromatic heterocycles. The number of pyridine rings is 1. The first-order chi connectivity index (χ1) is 14.0. The van der Waals surface area contributed by atoms with Crippen LogP contribution in [0.5, 0.6) is 5.75 Å². The molecule has 29 heavy (non-hydrogen) atoms. The molecule has 0 radical (unpaired) electrons. The Morgan fingerprint density at radius 2 is 1.90 bits per heavy atom. The number of ether oxygens (including phenoxy) is 1. The van der Waals surface area contributed by atoms with E-state index in [0.29, 0.717) is 10.6 Å². The molecule has 0 aliphatic carbocycles. The molecule has 4 aromatic rings. The van der Waals surface area contributed by atoms with E-state index >= 15 is 0 Å². The summed E-state index contributed by atoms with van der Waals surface area (Å²) in [4.78, 5) is 10.5. The highest BCUT2D eigenvalue weighted by molar-refractivity contribution is 6.36. The van der Waals surface area contributed by atoms with Crippen LogP contribution in [-0.2, 0) is 0 Å². The first-order valence-electron chi connectivity index (χ1n) is 8.90. The highest BCUT2D eigenvalue weighted by Gasteiger charge is 2.20. The molecule has 0 aliphatic heterocycles. The number of halogens is 3. The highest BCUT2D eigenvalue weighted by Crippen LogP contribution is 2.34. The Balaban J connectivity index is 1.73. The number of hydrogen-bond donors (Lipinski definition) is 0. The third-order valence-corrected chi connectivity index (χ3v) is 5.39. The van der Waals surface area contributed by atoms with Crippen molar-refractivity contribution in [2.24, 2.45) is 0 Å². The van der Waals surface area contributed by atoms with Gasteiger partial charge in [0.2, 0.25) is 0 Å². The van der Waals surface area contributed by atoms with Crippen LogP contribution in [0.4, 0.5) is 4.39 Å². The molecule has 0 aliphatic rings. The largest absolute Gasteiger partial charge is 0.496 e. The van der Waals surface area contributed by atoms with Crippen molar-refractivity contribution in [3.63, 3.8) is 0 Å². The monoisotopic (exact) mass is 430 g/mol. The number of para-hydroxylation sites is 1. The molecule has 4 nitrogen and oxygen atoms in total. The minimum atomic E-state index is -0.587. The number of hydrogen-bond acceptors (Lipinski definition) is 3. The van der Waals surface area contributed by atoms with Crippen LogP contribution < -0.4 is 9.57 Å². The van der Waals surface area contributed by atoms with Gasteiger partial charge in [-0.1, -0.05) is 41.4 Å². The second-order valence-electron chi connectivity index (χ2n) is 6.47. The maximum absolute atomic E-state index is 13.9. The van der Waals surface area contributed by atoms with Gasteiger partial charge in [0.15, 0.2) is 6.10 Å². The average Bonchev–Trinajstić information content (AvgIpc) is 3.13. The maximum atomic E-state index is 13.9. The number of aromatic nitrogens is 2. The van der Waals surface area contributed by atoms with Gasteiger partial charge in [-0.05, 0) is 37.3 Å². The summed E-state index contributed by atoms with van der Waals surface area (Å²) in [6.07, 6.45) is 2.95. The summed E-state index contributed by atoms with van der Waals surface area (Å²) in [5.41, 5.74) is 3.70. The molecule has 1 atom stereocenters. The summed E-state index contributed by atoms with van der Waals surface area (Å²) in [5.74, 6) is 0.207. The van der Waals surface area contributed by atoms with Crippen molar-refractivity contribution in [3.8, 4) is 16.9 Å². The zero-order valence-corrected chi connectivity index (χ0v) is 17.2. The van der Waals surface area contributed by atoms with Crippen molar-refractivity contribution in [2.45, 2.75) is 13.0 Å². The summed E-state index contributed by atoms with van der Waals surface area (Å²) in [6, 6.07) is 14.2. The normalized spacial score (nSPS) is 12.2. The number of nitrogens with zero attached hydrogens (tertiary/aromatic N) is 2. The van der Waals surface area contributed by atoms with Crippen molar-refractivity contribution in [1.82, 2.24) is 9.71 Å². The molecular weight excluding hydrogens is 414 g/mol. The van der Waals surface area contributed by atoms with E-state index in [1.807, 2.05) is 36.4 Å². The summed E-state index contributed by atoms with van der Waals surface area (Å²) in [5, 5.41) is 0.294. The van der Waals surface area contributed by atoms with E-state index in [1.165, 1.54) is 12.1 Å². The first-order valence-corrected chi connectivity index (χ1v) is 9.66.